The number of carbonyl (C=O) groups is 1. The Labute approximate surface area is 141 Å². The number of aryl methyl sites for hydroxylation is 1. The van der Waals surface area contributed by atoms with E-state index < -0.39 is 20.5 Å². The van der Waals surface area contributed by atoms with Crippen LogP contribution in [0.4, 0.5) is 5.82 Å². The second-order valence-electron chi connectivity index (χ2n) is 6.19. The van der Waals surface area contributed by atoms with Crippen LogP contribution in [0.25, 0.3) is 11.4 Å². The number of anilines is 1. The van der Waals surface area contributed by atoms with E-state index in [9.17, 15) is 13.2 Å². The molecule has 1 aliphatic rings. The number of hydrogen-bond donors (Lipinski definition) is 1. The molecule has 6 nitrogen and oxygen atoms in total. The molecule has 7 heteroatoms. The van der Waals surface area contributed by atoms with Crippen molar-refractivity contribution in [3.05, 3.63) is 42.1 Å². The molecule has 2 aromatic rings. The van der Waals surface area contributed by atoms with E-state index in [1.165, 1.54) is 6.92 Å². The zero-order valence-corrected chi connectivity index (χ0v) is 14.4. The highest BCUT2D eigenvalue weighted by atomic mass is 32.2. The fourth-order valence-electron chi connectivity index (χ4n) is 2.83. The van der Waals surface area contributed by atoms with Gasteiger partial charge in [-0.3, -0.25) is 4.79 Å². The fourth-order valence-corrected chi connectivity index (χ4v) is 4.60. The molecule has 0 aliphatic carbocycles. The van der Waals surface area contributed by atoms with Gasteiger partial charge in [-0.25, -0.2) is 18.4 Å². The summed E-state index contributed by atoms with van der Waals surface area (Å²) >= 11 is 0. The molecular weight excluding hydrogens is 326 g/mol. The van der Waals surface area contributed by atoms with Gasteiger partial charge in [0.2, 0.25) is 5.91 Å². The van der Waals surface area contributed by atoms with Gasteiger partial charge in [0.25, 0.3) is 0 Å². The van der Waals surface area contributed by atoms with Gasteiger partial charge in [0.1, 0.15) is 10.6 Å². The predicted octanol–water partition coefficient (Wildman–Crippen LogP) is 2.36. The molecule has 0 saturated carbocycles. The van der Waals surface area contributed by atoms with Gasteiger partial charge in [-0.2, -0.15) is 0 Å². The highest BCUT2D eigenvalue weighted by molar-refractivity contribution is 7.93. The van der Waals surface area contributed by atoms with Gasteiger partial charge < -0.3 is 5.32 Å². The lowest BCUT2D eigenvalue weighted by Crippen LogP contribution is -2.44. The molecule has 1 amide bonds. The molecule has 24 heavy (non-hydrogen) atoms. The summed E-state index contributed by atoms with van der Waals surface area (Å²) in [6.07, 6.45) is 0.834. The molecule has 2 heterocycles. The second kappa shape index (κ2) is 5.98. The minimum absolute atomic E-state index is 0.0506. The molecule has 126 valence electrons. The first-order chi connectivity index (χ1) is 11.3. The number of aromatic nitrogens is 2. The van der Waals surface area contributed by atoms with Crippen molar-refractivity contribution in [2.24, 2.45) is 0 Å². The van der Waals surface area contributed by atoms with Crippen LogP contribution >= 0.6 is 0 Å². The number of hydrogen-bond acceptors (Lipinski definition) is 5. The van der Waals surface area contributed by atoms with Gasteiger partial charge >= 0.3 is 0 Å². The largest absolute Gasteiger partial charge is 0.309 e. The monoisotopic (exact) mass is 345 g/mol. The molecule has 1 aromatic heterocycles. The van der Waals surface area contributed by atoms with Crippen LogP contribution in [0.1, 0.15) is 25.5 Å². The first kappa shape index (κ1) is 16.6. The van der Waals surface area contributed by atoms with Gasteiger partial charge in [0.05, 0.1) is 5.75 Å². The lowest BCUT2D eigenvalue weighted by atomic mass is 10.1. The average Bonchev–Trinajstić information content (AvgIpc) is 2.82. The van der Waals surface area contributed by atoms with E-state index >= 15 is 0 Å². The van der Waals surface area contributed by atoms with Crippen LogP contribution in [0.2, 0.25) is 0 Å². The van der Waals surface area contributed by atoms with Gasteiger partial charge in [0, 0.05) is 17.3 Å². The van der Waals surface area contributed by atoms with E-state index in [4.69, 9.17) is 0 Å². The van der Waals surface area contributed by atoms with Crippen LogP contribution in [0.3, 0.4) is 0 Å². The molecule has 1 saturated heterocycles. The summed E-state index contributed by atoms with van der Waals surface area (Å²) in [6.45, 7) is 3.29. The smallest absolute Gasteiger partial charge is 0.246 e. The summed E-state index contributed by atoms with van der Waals surface area (Å²) in [7, 11) is -3.43. The Morgan fingerprint density at radius 3 is 2.54 bits per heavy atom. The summed E-state index contributed by atoms with van der Waals surface area (Å²) in [5.41, 5.74) is 1.52. The van der Waals surface area contributed by atoms with Crippen molar-refractivity contribution in [2.45, 2.75) is 31.4 Å². The van der Waals surface area contributed by atoms with Crippen LogP contribution in [-0.4, -0.2) is 34.8 Å². The summed E-state index contributed by atoms with van der Waals surface area (Å²) in [4.78, 5) is 21.3. The first-order valence-electron chi connectivity index (χ1n) is 7.77. The van der Waals surface area contributed by atoms with Crippen molar-refractivity contribution in [1.29, 1.82) is 0 Å². The van der Waals surface area contributed by atoms with Crippen LogP contribution in [0, 0.1) is 6.92 Å². The Balaban J connectivity index is 1.91. The molecule has 1 aromatic carbocycles. The van der Waals surface area contributed by atoms with Crippen molar-refractivity contribution >= 4 is 21.6 Å². The predicted molar refractivity (Wildman–Crippen MR) is 92.3 cm³/mol. The highest BCUT2D eigenvalue weighted by Crippen LogP contribution is 2.33. The molecule has 0 bridgehead atoms. The van der Waals surface area contributed by atoms with E-state index in [1.807, 2.05) is 30.3 Å². The van der Waals surface area contributed by atoms with Crippen LogP contribution in [-0.2, 0) is 14.6 Å². The van der Waals surface area contributed by atoms with Crippen LogP contribution in [0.5, 0.6) is 0 Å². The highest BCUT2D eigenvalue weighted by Gasteiger charge is 2.49. The zero-order chi connectivity index (χ0) is 17.4. The molecule has 1 aliphatic heterocycles. The number of amides is 1. The number of nitrogens with one attached hydrogen (secondary N) is 1. The molecule has 0 spiro atoms. The average molecular weight is 345 g/mol. The number of rotatable bonds is 3. The molecular formula is C17H19N3O3S. The molecule has 1 fully saturated rings. The summed E-state index contributed by atoms with van der Waals surface area (Å²) in [5, 5.41) is 2.66. The lowest BCUT2D eigenvalue weighted by molar-refractivity contribution is -0.118. The van der Waals surface area contributed by atoms with Crippen LogP contribution < -0.4 is 5.32 Å². The number of sulfone groups is 1. The number of nitrogens with zero attached hydrogens (tertiary/aromatic N) is 2. The van der Waals surface area contributed by atoms with Crippen molar-refractivity contribution in [1.82, 2.24) is 9.97 Å². The summed E-state index contributed by atoms with van der Waals surface area (Å²) in [6, 6.07) is 11.0. The number of benzene rings is 1. The van der Waals surface area contributed by atoms with Gasteiger partial charge in [-0.1, -0.05) is 30.3 Å². The number of carbonyl (C=O) groups excluding carboxylic acids is 1. The Kier molecular flexibility index (Phi) is 4.13. The first-order valence-corrected chi connectivity index (χ1v) is 9.42. The van der Waals surface area contributed by atoms with Crippen molar-refractivity contribution in [2.75, 3.05) is 11.1 Å². The minimum Gasteiger partial charge on any atom is -0.309 e. The molecule has 1 N–H and O–H groups in total. The third-order valence-corrected chi connectivity index (χ3v) is 6.95. The standard InChI is InChI=1S/C17H19N3O3S/c1-12-11-14(19-15(18-12)13-7-4-3-5-8-13)20-16(21)17(2)9-6-10-24(17,22)23/h3-5,7-8,11H,6,9-10H2,1-2H3,(H,18,19,20,21). The molecule has 3 rings (SSSR count). The molecule has 1 atom stereocenters. The fraction of sp³-hybridized carbons (Fsp3) is 0.353. The third-order valence-electron chi connectivity index (χ3n) is 4.36. The minimum atomic E-state index is -3.43. The van der Waals surface area contributed by atoms with E-state index in [0.717, 1.165) is 5.56 Å². The maximum Gasteiger partial charge on any atom is 0.246 e. The maximum atomic E-state index is 12.6. The van der Waals surface area contributed by atoms with Gasteiger partial charge in [-0.05, 0) is 26.7 Å². The SMILES string of the molecule is Cc1cc(NC(=O)C2(C)CCCS2(=O)=O)nc(-c2ccccc2)n1. The maximum absolute atomic E-state index is 12.6. The molecule has 0 radical (unpaired) electrons. The van der Waals surface area contributed by atoms with E-state index in [0.29, 0.717) is 30.2 Å². The Morgan fingerprint density at radius 1 is 1.21 bits per heavy atom. The third kappa shape index (κ3) is 2.91. The Morgan fingerprint density at radius 2 is 1.92 bits per heavy atom. The van der Waals surface area contributed by atoms with Crippen LogP contribution in [0.15, 0.2) is 36.4 Å². The Bertz CT molecular complexity index is 881. The van der Waals surface area contributed by atoms with E-state index in [2.05, 4.69) is 15.3 Å². The van der Waals surface area contributed by atoms with E-state index in [-0.39, 0.29) is 5.75 Å². The van der Waals surface area contributed by atoms with E-state index in [1.54, 1.807) is 13.0 Å². The zero-order valence-electron chi connectivity index (χ0n) is 13.6. The lowest BCUT2D eigenvalue weighted by Gasteiger charge is -2.21. The van der Waals surface area contributed by atoms with Crippen molar-refractivity contribution < 1.29 is 13.2 Å². The van der Waals surface area contributed by atoms with Crippen molar-refractivity contribution in [3.63, 3.8) is 0 Å². The van der Waals surface area contributed by atoms with Gasteiger partial charge in [-0.15, -0.1) is 0 Å². The topological polar surface area (TPSA) is 89.0 Å². The Hall–Kier alpha value is -2.28. The normalized spacial score (nSPS) is 22.2. The second-order valence-corrected chi connectivity index (χ2v) is 8.73. The quantitative estimate of drug-likeness (QED) is 0.922. The van der Waals surface area contributed by atoms with Crippen molar-refractivity contribution in [3.8, 4) is 11.4 Å². The van der Waals surface area contributed by atoms with Gasteiger partial charge in [0.15, 0.2) is 15.7 Å². The summed E-state index contributed by atoms with van der Waals surface area (Å²) in [5.74, 6) is 0.326. The molecule has 1 unspecified atom stereocenters. The summed E-state index contributed by atoms with van der Waals surface area (Å²) < 4.78 is 23.0.